The zero-order valence-corrected chi connectivity index (χ0v) is 10.4. The molecule has 0 aromatic rings. The summed E-state index contributed by atoms with van der Waals surface area (Å²) >= 11 is 0. The number of hydrogen-bond acceptors (Lipinski definition) is 2. The van der Waals surface area contributed by atoms with E-state index in [4.69, 9.17) is 9.47 Å². The summed E-state index contributed by atoms with van der Waals surface area (Å²) in [6.07, 6.45) is 4.58. The summed E-state index contributed by atoms with van der Waals surface area (Å²) in [7, 11) is 2.68. The summed E-state index contributed by atoms with van der Waals surface area (Å²) in [6, 6.07) is 0. The van der Waals surface area contributed by atoms with E-state index in [1.165, 1.54) is 12.8 Å². The average molecular weight is 257 g/mol. The number of halogens is 1. The summed E-state index contributed by atoms with van der Waals surface area (Å²) in [6.45, 7) is 2.98. The van der Waals surface area contributed by atoms with Crippen molar-refractivity contribution in [2.75, 3.05) is 6.61 Å². The van der Waals surface area contributed by atoms with E-state index in [0.29, 0.717) is 0 Å². The van der Waals surface area contributed by atoms with Crippen molar-refractivity contribution in [1.29, 1.82) is 0 Å². The van der Waals surface area contributed by atoms with Crippen LogP contribution in [0.2, 0.25) is 0 Å². The maximum atomic E-state index is 5.58. The SMILES string of the molecule is Br.CCC(P)OC1CCCCO1. The lowest BCUT2D eigenvalue weighted by Gasteiger charge is -2.25. The van der Waals surface area contributed by atoms with Crippen molar-refractivity contribution >= 4 is 26.2 Å². The van der Waals surface area contributed by atoms with Crippen molar-refractivity contribution in [3.05, 3.63) is 0 Å². The molecule has 1 saturated heterocycles. The lowest BCUT2D eigenvalue weighted by molar-refractivity contribution is -0.170. The van der Waals surface area contributed by atoms with Gasteiger partial charge in [0.2, 0.25) is 0 Å². The van der Waals surface area contributed by atoms with Crippen LogP contribution in [0.1, 0.15) is 32.6 Å². The monoisotopic (exact) mass is 256 g/mol. The minimum absolute atomic E-state index is 0. The van der Waals surface area contributed by atoms with Gasteiger partial charge >= 0.3 is 0 Å². The fourth-order valence-electron chi connectivity index (χ4n) is 1.11. The molecule has 0 radical (unpaired) electrons. The molecule has 1 fully saturated rings. The zero-order chi connectivity index (χ0) is 8.10. The minimum Gasteiger partial charge on any atom is -0.353 e. The van der Waals surface area contributed by atoms with E-state index in [2.05, 4.69) is 16.2 Å². The van der Waals surface area contributed by atoms with Crippen LogP contribution in [0.5, 0.6) is 0 Å². The predicted molar refractivity (Wildman–Crippen MR) is 58.8 cm³/mol. The molecule has 0 aliphatic carbocycles. The van der Waals surface area contributed by atoms with E-state index >= 15 is 0 Å². The summed E-state index contributed by atoms with van der Waals surface area (Å²) < 4.78 is 11.0. The second-order valence-corrected chi connectivity index (χ2v) is 3.62. The summed E-state index contributed by atoms with van der Waals surface area (Å²) in [4.78, 5) is 0. The molecule has 0 aromatic heterocycles. The third kappa shape index (κ3) is 4.76. The fraction of sp³-hybridized carbons (Fsp3) is 1.00. The topological polar surface area (TPSA) is 18.5 Å². The minimum atomic E-state index is 0. The number of hydrogen-bond donors (Lipinski definition) is 0. The molecule has 0 spiro atoms. The van der Waals surface area contributed by atoms with Crippen LogP contribution in [-0.2, 0) is 9.47 Å². The molecule has 0 aromatic carbocycles. The van der Waals surface area contributed by atoms with Crippen molar-refractivity contribution in [3.8, 4) is 0 Å². The highest BCUT2D eigenvalue weighted by Crippen LogP contribution is 2.18. The highest BCUT2D eigenvalue weighted by molar-refractivity contribution is 8.93. The average Bonchev–Trinajstić information content (AvgIpc) is 2.06. The van der Waals surface area contributed by atoms with E-state index in [-0.39, 0.29) is 29.1 Å². The molecule has 3 atom stereocenters. The van der Waals surface area contributed by atoms with Gasteiger partial charge in [0.15, 0.2) is 6.29 Å². The Morgan fingerprint density at radius 1 is 1.58 bits per heavy atom. The highest BCUT2D eigenvalue weighted by Gasteiger charge is 2.15. The first-order valence-electron chi connectivity index (χ1n) is 4.35. The molecule has 0 N–H and O–H groups in total. The molecular weight excluding hydrogens is 239 g/mol. The van der Waals surface area contributed by atoms with E-state index in [1.807, 2.05) is 0 Å². The molecule has 0 amide bonds. The van der Waals surface area contributed by atoms with Gasteiger partial charge in [0, 0.05) is 6.61 Å². The van der Waals surface area contributed by atoms with Crippen molar-refractivity contribution in [2.45, 2.75) is 44.7 Å². The Kier molecular flexibility index (Phi) is 7.76. The first-order chi connectivity index (χ1) is 5.33. The first kappa shape index (κ1) is 12.8. The van der Waals surface area contributed by atoms with Gasteiger partial charge in [-0.1, -0.05) is 6.92 Å². The maximum absolute atomic E-state index is 5.58. The van der Waals surface area contributed by atoms with E-state index in [0.717, 1.165) is 19.4 Å². The Hall–Kier alpha value is 0.830. The van der Waals surface area contributed by atoms with Crippen molar-refractivity contribution in [1.82, 2.24) is 0 Å². The van der Waals surface area contributed by atoms with Gasteiger partial charge in [-0.3, -0.25) is 0 Å². The Balaban J connectivity index is 0.00000121. The van der Waals surface area contributed by atoms with Crippen LogP contribution in [-0.4, -0.2) is 18.7 Å². The standard InChI is InChI=1S/C8H17O2P.BrH/c1-2-8(11)10-7-5-3-4-6-9-7;/h7-8H,2-6,11H2,1H3;1H. The fourth-order valence-corrected chi connectivity index (χ4v) is 1.28. The third-order valence-electron chi connectivity index (χ3n) is 1.87. The Morgan fingerprint density at radius 2 is 2.33 bits per heavy atom. The molecule has 1 rings (SSSR count). The highest BCUT2D eigenvalue weighted by atomic mass is 79.9. The molecule has 12 heavy (non-hydrogen) atoms. The van der Waals surface area contributed by atoms with Crippen molar-refractivity contribution in [2.24, 2.45) is 0 Å². The van der Waals surface area contributed by atoms with Gasteiger partial charge in [-0.05, 0) is 25.7 Å². The van der Waals surface area contributed by atoms with Crippen LogP contribution in [0.25, 0.3) is 0 Å². The van der Waals surface area contributed by atoms with Gasteiger partial charge in [0.05, 0.1) is 5.85 Å². The van der Waals surface area contributed by atoms with Gasteiger partial charge in [-0.25, -0.2) is 0 Å². The lowest BCUT2D eigenvalue weighted by Crippen LogP contribution is -2.24. The first-order valence-corrected chi connectivity index (χ1v) is 5.02. The Morgan fingerprint density at radius 3 is 2.83 bits per heavy atom. The van der Waals surface area contributed by atoms with Gasteiger partial charge < -0.3 is 9.47 Å². The van der Waals surface area contributed by atoms with Crippen LogP contribution in [0, 0.1) is 0 Å². The Labute approximate surface area is 87.4 Å². The second-order valence-electron chi connectivity index (χ2n) is 2.88. The molecule has 1 aliphatic heterocycles. The van der Waals surface area contributed by atoms with Crippen LogP contribution < -0.4 is 0 Å². The molecule has 4 heteroatoms. The van der Waals surface area contributed by atoms with Crippen molar-refractivity contribution in [3.63, 3.8) is 0 Å². The number of ether oxygens (including phenoxy) is 2. The van der Waals surface area contributed by atoms with E-state index in [9.17, 15) is 0 Å². The van der Waals surface area contributed by atoms with Crippen LogP contribution in [0.15, 0.2) is 0 Å². The van der Waals surface area contributed by atoms with Gasteiger partial charge in [-0.2, -0.15) is 0 Å². The molecular formula is C8H18BrO2P. The molecule has 2 nitrogen and oxygen atoms in total. The van der Waals surface area contributed by atoms with E-state index < -0.39 is 0 Å². The third-order valence-corrected chi connectivity index (χ3v) is 2.50. The van der Waals surface area contributed by atoms with Gasteiger partial charge in [0.25, 0.3) is 0 Å². The molecule has 1 heterocycles. The molecule has 3 unspecified atom stereocenters. The van der Waals surface area contributed by atoms with Crippen LogP contribution >= 0.6 is 26.2 Å². The van der Waals surface area contributed by atoms with Crippen LogP contribution in [0.4, 0.5) is 0 Å². The van der Waals surface area contributed by atoms with Gasteiger partial charge in [0.1, 0.15) is 0 Å². The molecule has 1 aliphatic rings. The molecule has 0 saturated carbocycles. The summed E-state index contributed by atoms with van der Waals surface area (Å²) in [5.74, 6) is 0.262. The predicted octanol–water partition coefficient (Wildman–Crippen LogP) is 2.72. The lowest BCUT2D eigenvalue weighted by atomic mass is 10.2. The quantitative estimate of drug-likeness (QED) is 0.724. The molecule has 0 bridgehead atoms. The normalized spacial score (nSPS) is 26.0. The second kappa shape index (κ2) is 7.25. The Bertz CT molecular complexity index is 107. The largest absolute Gasteiger partial charge is 0.353 e. The maximum Gasteiger partial charge on any atom is 0.158 e. The van der Waals surface area contributed by atoms with E-state index in [1.54, 1.807) is 0 Å². The number of rotatable bonds is 3. The van der Waals surface area contributed by atoms with Crippen LogP contribution in [0.3, 0.4) is 0 Å². The van der Waals surface area contributed by atoms with Gasteiger partial charge in [-0.15, -0.1) is 26.2 Å². The summed E-state index contributed by atoms with van der Waals surface area (Å²) in [5.41, 5.74) is 0. The smallest absolute Gasteiger partial charge is 0.158 e. The summed E-state index contributed by atoms with van der Waals surface area (Å²) in [5, 5.41) is 0. The van der Waals surface area contributed by atoms with Crippen molar-refractivity contribution < 1.29 is 9.47 Å². The molecule has 74 valence electrons. The zero-order valence-electron chi connectivity index (χ0n) is 7.49.